The molecule has 0 aliphatic rings. The number of anilines is 2. The molecule has 0 saturated carbocycles. The Morgan fingerprint density at radius 1 is 1.24 bits per heavy atom. The number of benzene rings is 1. The predicted octanol–water partition coefficient (Wildman–Crippen LogP) is 3.92. The van der Waals surface area contributed by atoms with Gasteiger partial charge in [-0.3, -0.25) is 0 Å². The second kappa shape index (κ2) is 6.18. The zero-order valence-corrected chi connectivity index (χ0v) is 11.5. The van der Waals surface area contributed by atoms with Crippen LogP contribution in [-0.4, -0.2) is 11.6 Å². The minimum absolute atomic E-state index is 0.0736. The van der Waals surface area contributed by atoms with Crippen LogP contribution in [0.25, 0.3) is 0 Å². The molecule has 2 aromatic rings. The van der Waals surface area contributed by atoms with E-state index in [0.717, 1.165) is 11.3 Å². The van der Waals surface area contributed by atoms with E-state index in [1.807, 2.05) is 19.9 Å². The second-order valence-electron chi connectivity index (χ2n) is 4.44. The van der Waals surface area contributed by atoms with Crippen molar-refractivity contribution < 1.29 is 13.5 Å². The first-order valence-corrected chi connectivity index (χ1v) is 6.20. The maximum absolute atomic E-state index is 12.1. The highest BCUT2D eigenvalue weighted by Gasteiger charge is 2.09. The maximum Gasteiger partial charge on any atom is 0.387 e. The topological polar surface area (TPSA) is 57.9 Å². The summed E-state index contributed by atoms with van der Waals surface area (Å²) in [4.78, 5) is 4.29. The summed E-state index contributed by atoms with van der Waals surface area (Å²) in [6.07, 6.45) is 0. The van der Waals surface area contributed by atoms with Gasteiger partial charge in [0.25, 0.3) is 0 Å². The number of ether oxygens (including phenoxy) is 1. The Kier molecular flexibility index (Phi) is 4.33. The molecule has 0 bridgehead atoms. The number of pyridine rings is 1. The van der Waals surface area contributed by atoms with Crippen molar-refractivity contribution in [1.29, 1.82) is 5.26 Å². The average molecular weight is 289 g/mol. The number of nitriles is 1. The third kappa shape index (κ3) is 3.66. The van der Waals surface area contributed by atoms with Crippen LogP contribution in [0.2, 0.25) is 0 Å². The maximum atomic E-state index is 12.1. The smallest absolute Gasteiger partial charge is 0.387 e. The van der Waals surface area contributed by atoms with Crippen LogP contribution in [0.5, 0.6) is 5.75 Å². The van der Waals surface area contributed by atoms with Crippen LogP contribution in [0, 0.1) is 25.2 Å². The number of hydrogen-bond donors (Lipinski definition) is 1. The quantitative estimate of drug-likeness (QED) is 0.927. The van der Waals surface area contributed by atoms with Crippen LogP contribution in [0.1, 0.15) is 16.8 Å². The first-order valence-electron chi connectivity index (χ1n) is 6.20. The molecule has 1 aromatic heterocycles. The van der Waals surface area contributed by atoms with Gasteiger partial charge < -0.3 is 10.1 Å². The summed E-state index contributed by atoms with van der Waals surface area (Å²) < 4.78 is 28.4. The molecule has 2 rings (SSSR count). The van der Waals surface area contributed by atoms with Gasteiger partial charge in [-0.05, 0) is 49.7 Å². The lowest BCUT2D eigenvalue weighted by Crippen LogP contribution is -2.03. The SMILES string of the molecule is Cc1cc(C)c(C#N)c(Nc2ccc(OC(F)F)cc2)n1. The number of nitrogens with one attached hydrogen (secondary N) is 1. The zero-order valence-electron chi connectivity index (χ0n) is 11.5. The molecular weight excluding hydrogens is 276 g/mol. The van der Waals surface area contributed by atoms with Crippen LogP contribution in [0.3, 0.4) is 0 Å². The molecule has 1 N–H and O–H groups in total. The Balaban J connectivity index is 2.24. The highest BCUT2D eigenvalue weighted by Crippen LogP contribution is 2.24. The summed E-state index contributed by atoms with van der Waals surface area (Å²) in [5.74, 6) is 0.516. The fourth-order valence-corrected chi connectivity index (χ4v) is 1.92. The number of halogens is 2. The Morgan fingerprint density at radius 3 is 2.48 bits per heavy atom. The average Bonchev–Trinajstić information content (AvgIpc) is 2.40. The van der Waals surface area contributed by atoms with Gasteiger partial charge in [-0.15, -0.1) is 0 Å². The molecule has 108 valence electrons. The molecule has 0 aliphatic carbocycles. The largest absolute Gasteiger partial charge is 0.435 e. The number of hydrogen-bond acceptors (Lipinski definition) is 4. The van der Waals surface area contributed by atoms with Gasteiger partial charge >= 0.3 is 6.61 Å². The van der Waals surface area contributed by atoms with E-state index < -0.39 is 6.61 Å². The Bertz CT molecular complexity index is 679. The van der Waals surface area contributed by atoms with Crippen molar-refractivity contribution in [3.63, 3.8) is 0 Å². The van der Waals surface area contributed by atoms with Crippen molar-refractivity contribution in [3.05, 3.63) is 47.2 Å². The highest BCUT2D eigenvalue weighted by molar-refractivity contribution is 5.65. The lowest BCUT2D eigenvalue weighted by atomic mass is 10.1. The van der Waals surface area contributed by atoms with E-state index in [2.05, 4.69) is 21.1 Å². The standard InChI is InChI=1S/C15H13F2N3O/c1-9-7-10(2)19-14(13(9)8-18)20-11-3-5-12(6-4-11)21-15(16)17/h3-7,15H,1-2H3,(H,19,20). The Labute approximate surface area is 121 Å². The monoisotopic (exact) mass is 289 g/mol. The Hall–Kier alpha value is -2.68. The molecule has 0 unspecified atom stereocenters. The van der Waals surface area contributed by atoms with Crippen LogP contribution in [-0.2, 0) is 0 Å². The van der Waals surface area contributed by atoms with Crippen molar-refractivity contribution in [2.75, 3.05) is 5.32 Å². The van der Waals surface area contributed by atoms with Crippen LogP contribution in [0.4, 0.5) is 20.3 Å². The molecule has 21 heavy (non-hydrogen) atoms. The first kappa shape index (κ1) is 14.7. The highest BCUT2D eigenvalue weighted by atomic mass is 19.3. The van der Waals surface area contributed by atoms with Gasteiger partial charge in [-0.1, -0.05) is 0 Å². The summed E-state index contributed by atoms with van der Waals surface area (Å²) in [5.41, 5.74) is 2.69. The van der Waals surface area contributed by atoms with Crippen molar-refractivity contribution in [2.24, 2.45) is 0 Å². The zero-order chi connectivity index (χ0) is 15.4. The van der Waals surface area contributed by atoms with Crippen molar-refractivity contribution in [2.45, 2.75) is 20.5 Å². The molecule has 1 aromatic carbocycles. The predicted molar refractivity (Wildman–Crippen MR) is 74.8 cm³/mol. The molecule has 0 spiro atoms. The lowest BCUT2D eigenvalue weighted by molar-refractivity contribution is -0.0498. The van der Waals surface area contributed by atoms with Gasteiger partial charge in [-0.25, -0.2) is 4.98 Å². The molecule has 0 atom stereocenters. The van der Waals surface area contributed by atoms with Crippen molar-refractivity contribution >= 4 is 11.5 Å². The summed E-state index contributed by atoms with van der Waals surface area (Å²) in [7, 11) is 0. The van der Waals surface area contributed by atoms with E-state index in [1.165, 1.54) is 12.1 Å². The summed E-state index contributed by atoms with van der Waals surface area (Å²) in [6.45, 7) is 0.812. The molecule has 0 aliphatic heterocycles. The van der Waals surface area contributed by atoms with Crippen LogP contribution < -0.4 is 10.1 Å². The molecule has 0 radical (unpaired) electrons. The van der Waals surface area contributed by atoms with E-state index in [1.54, 1.807) is 12.1 Å². The van der Waals surface area contributed by atoms with Gasteiger partial charge in [0.1, 0.15) is 17.6 Å². The van der Waals surface area contributed by atoms with E-state index >= 15 is 0 Å². The fraction of sp³-hybridized carbons (Fsp3) is 0.200. The molecular formula is C15H13F2N3O. The van der Waals surface area contributed by atoms with E-state index in [4.69, 9.17) is 0 Å². The molecule has 0 saturated heterocycles. The molecule has 0 fully saturated rings. The number of rotatable bonds is 4. The van der Waals surface area contributed by atoms with Gasteiger partial charge in [0.15, 0.2) is 0 Å². The minimum Gasteiger partial charge on any atom is -0.435 e. The number of nitrogens with zero attached hydrogens (tertiary/aromatic N) is 2. The third-order valence-corrected chi connectivity index (χ3v) is 2.80. The van der Waals surface area contributed by atoms with E-state index in [9.17, 15) is 14.0 Å². The molecule has 6 heteroatoms. The van der Waals surface area contributed by atoms with E-state index in [0.29, 0.717) is 17.1 Å². The van der Waals surface area contributed by atoms with Gasteiger partial charge in [0.05, 0.1) is 5.56 Å². The third-order valence-electron chi connectivity index (χ3n) is 2.80. The van der Waals surface area contributed by atoms with E-state index in [-0.39, 0.29) is 5.75 Å². The molecule has 1 heterocycles. The number of aromatic nitrogens is 1. The van der Waals surface area contributed by atoms with Gasteiger partial charge in [0.2, 0.25) is 0 Å². The number of aryl methyl sites for hydroxylation is 2. The normalized spacial score (nSPS) is 10.3. The minimum atomic E-state index is -2.85. The first-order chi connectivity index (χ1) is 9.99. The summed E-state index contributed by atoms with van der Waals surface area (Å²) >= 11 is 0. The van der Waals surface area contributed by atoms with Crippen LogP contribution in [0.15, 0.2) is 30.3 Å². The lowest BCUT2D eigenvalue weighted by Gasteiger charge is -2.11. The van der Waals surface area contributed by atoms with Gasteiger partial charge in [0, 0.05) is 11.4 Å². The van der Waals surface area contributed by atoms with Crippen molar-refractivity contribution in [3.8, 4) is 11.8 Å². The second-order valence-corrected chi connectivity index (χ2v) is 4.44. The fourth-order valence-electron chi connectivity index (χ4n) is 1.92. The number of alkyl halides is 2. The van der Waals surface area contributed by atoms with Gasteiger partial charge in [-0.2, -0.15) is 14.0 Å². The summed E-state index contributed by atoms with van der Waals surface area (Å²) in [5, 5.41) is 12.2. The van der Waals surface area contributed by atoms with Crippen molar-refractivity contribution in [1.82, 2.24) is 4.98 Å². The summed E-state index contributed by atoms with van der Waals surface area (Å²) in [6, 6.07) is 9.93. The molecule has 0 amide bonds. The van der Waals surface area contributed by atoms with Crippen LogP contribution >= 0.6 is 0 Å². The Morgan fingerprint density at radius 2 is 1.90 bits per heavy atom. The molecule has 4 nitrogen and oxygen atoms in total.